The largest absolute Gasteiger partial charge is 0.383 e. The number of methoxy groups -OCH3 is 1. The number of rotatable bonds is 8. The zero-order valence-electron chi connectivity index (χ0n) is 17.9. The third kappa shape index (κ3) is 4.86. The number of hydrogen-bond acceptors (Lipinski definition) is 4. The van der Waals surface area contributed by atoms with E-state index in [4.69, 9.17) is 4.74 Å². The summed E-state index contributed by atoms with van der Waals surface area (Å²) in [4.78, 5) is 29.9. The summed E-state index contributed by atoms with van der Waals surface area (Å²) in [5, 5.41) is 5.76. The van der Waals surface area contributed by atoms with Crippen LogP contribution in [0.25, 0.3) is 11.0 Å². The number of imidazole rings is 1. The van der Waals surface area contributed by atoms with Crippen molar-refractivity contribution >= 4 is 28.5 Å². The van der Waals surface area contributed by atoms with Crippen LogP contribution in [0.1, 0.15) is 35.6 Å². The number of fused-ring (bicyclic) bond motifs is 1. The van der Waals surface area contributed by atoms with Gasteiger partial charge in [0.2, 0.25) is 5.91 Å². The second-order valence-electron chi connectivity index (χ2n) is 7.51. The first-order valence-corrected chi connectivity index (χ1v) is 10.0. The molecule has 0 aliphatic rings. The van der Waals surface area contributed by atoms with Crippen LogP contribution in [-0.4, -0.2) is 41.6 Å². The van der Waals surface area contributed by atoms with E-state index in [2.05, 4.69) is 15.6 Å². The van der Waals surface area contributed by atoms with Gasteiger partial charge in [-0.3, -0.25) is 9.59 Å². The number of ether oxygens (including phenoxy) is 1. The van der Waals surface area contributed by atoms with Gasteiger partial charge in [-0.25, -0.2) is 4.98 Å². The molecule has 7 heteroatoms. The van der Waals surface area contributed by atoms with E-state index in [1.165, 1.54) is 0 Å². The monoisotopic (exact) mass is 408 g/mol. The molecule has 1 aromatic heterocycles. The Morgan fingerprint density at radius 3 is 2.57 bits per heavy atom. The van der Waals surface area contributed by atoms with Gasteiger partial charge in [-0.2, -0.15) is 0 Å². The van der Waals surface area contributed by atoms with E-state index in [1.54, 1.807) is 13.2 Å². The number of hydrogen-bond donors (Lipinski definition) is 2. The first-order valence-electron chi connectivity index (χ1n) is 10.0. The first kappa shape index (κ1) is 21.5. The second kappa shape index (κ2) is 9.54. The fourth-order valence-electron chi connectivity index (χ4n) is 3.24. The first-order chi connectivity index (χ1) is 14.4. The van der Waals surface area contributed by atoms with E-state index in [9.17, 15) is 9.59 Å². The minimum atomic E-state index is -0.230. The van der Waals surface area contributed by atoms with Crippen molar-refractivity contribution in [1.82, 2.24) is 14.9 Å². The van der Waals surface area contributed by atoms with Crippen LogP contribution in [0.4, 0.5) is 5.69 Å². The molecule has 0 spiro atoms. The van der Waals surface area contributed by atoms with Gasteiger partial charge in [0.15, 0.2) is 0 Å². The molecule has 0 saturated heterocycles. The summed E-state index contributed by atoms with van der Waals surface area (Å²) in [5.74, 6) is 0.289. The van der Waals surface area contributed by atoms with Gasteiger partial charge >= 0.3 is 0 Å². The van der Waals surface area contributed by atoms with Gasteiger partial charge in [-0.1, -0.05) is 44.2 Å². The number of carbonyl (C=O) groups excluding carboxylic acids is 2. The summed E-state index contributed by atoms with van der Waals surface area (Å²) in [6, 6.07) is 13.6. The van der Waals surface area contributed by atoms with Gasteiger partial charge in [0, 0.05) is 31.8 Å². The van der Waals surface area contributed by atoms with E-state index >= 15 is 0 Å². The zero-order valence-corrected chi connectivity index (χ0v) is 17.9. The van der Waals surface area contributed by atoms with E-state index < -0.39 is 0 Å². The zero-order chi connectivity index (χ0) is 21.7. The lowest BCUT2D eigenvalue weighted by Crippen LogP contribution is -2.28. The third-order valence-corrected chi connectivity index (χ3v) is 4.84. The van der Waals surface area contributed by atoms with Crippen molar-refractivity contribution in [2.45, 2.75) is 27.3 Å². The maximum Gasteiger partial charge on any atom is 0.253 e. The van der Waals surface area contributed by atoms with Crippen molar-refractivity contribution in [2.75, 3.05) is 25.6 Å². The molecule has 2 aromatic carbocycles. The average Bonchev–Trinajstić information content (AvgIpc) is 3.03. The summed E-state index contributed by atoms with van der Waals surface area (Å²) in [6.45, 7) is 6.98. The molecule has 0 atom stereocenters. The number of amides is 2. The van der Waals surface area contributed by atoms with Crippen LogP contribution in [0, 0.1) is 12.8 Å². The van der Waals surface area contributed by atoms with Crippen LogP contribution in [0.2, 0.25) is 0 Å². The minimum absolute atomic E-state index is 0.111. The van der Waals surface area contributed by atoms with Gasteiger partial charge in [0.05, 0.1) is 23.2 Å². The summed E-state index contributed by atoms with van der Waals surface area (Å²) in [5.41, 5.74) is 3.56. The highest BCUT2D eigenvalue weighted by Gasteiger charge is 2.20. The molecule has 1 heterocycles. The molecular weight excluding hydrogens is 380 g/mol. The van der Waals surface area contributed by atoms with Crippen molar-refractivity contribution in [3.63, 3.8) is 0 Å². The summed E-state index contributed by atoms with van der Waals surface area (Å²) in [6.07, 6.45) is 0. The Morgan fingerprint density at radius 1 is 1.17 bits per heavy atom. The lowest BCUT2D eigenvalue weighted by Gasteiger charge is -2.14. The highest BCUT2D eigenvalue weighted by atomic mass is 16.5. The summed E-state index contributed by atoms with van der Waals surface area (Å²) >= 11 is 0. The maximum absolute atomic E-state index is 13.0. The standard InChI is InChI=1S/C23H28N4O3/c1-15(2)22(28)26-18-12-19(23(29)24-10-11-30-4)21-20(13-18)25-16(3)27(21)14-17-8-6-5-7-9-17/h5-9,12-13,15H,10-11,14H2,1-4H3,(H,24,29)(H,26,28). The Kier molecular flexibility index (Phi) is 6.84. The summed E-state index contributed by atoms with van der Waals surface area (Å²) in [7, 11) is 1.59. The van der Waals surface area contributed by atoms with Gasteiger partial charge in [0.25, 0.3) is 5.91 Å². The SMILES string of the molecule is COCCNC(=O)c1cc(NC(=O)C(C)C)cc2nc(C)n(Cc3ccccc3)c12. The molecule has 0 fully saturated rings. The molecule has 7 nitrogen and oxygen atoms in total. The predicted octanol–water partition coefficient (Wildman–Crippen LogP) is 3.36. The molecule has 3 rings (SSSR count). The molecule has 0 saturated carbocycles. The Balaban J connectivity index is 2.08. The third-order valence-electron chi connectivity index (χ3n) is 4.84. The number of nitrogens with one attached hydrogen (secondary N) is 2. The molecule has 0 aliphatic carbocycles. The van der Waals surface area contributed by atoms with Crippen molar-refractivity contribution in [3.05, 3.63) is 59.4 Å². The molecule has 0 aliphatic heterocycles. The Bertz CT molecular complexity index is 1040. The van der Waals surface area contributed by atoms with Crippen LogP contribution in [0.3, 0.4) is 0 Å². The molecule has 158 valence electrons. The molecule has 3 aromatic rings. The topological polar surface area (TPSA) is 85.2 Å². The Morgan fingerprint density at radius 2 is 1.90 bits per heavy atom. The average molecular weight is 409 g/mol. The van der Waals surface area contributed by atoms with Crippen molar-refractivity contribution < 1.29 is 14.3 Å². The lowest BCUT2D eigenvalue weighted by atomic mass is 10.1. The fourth-order valence-corrected chi connectivity index (χ4v) is 3.24. The van der Waals surface area contributed by atoms with E-state index in [0.29, 0.717) is 36.5 Å². The molecule has 2 amide bonds. The second-order valence-corrected chi connectivity index (χ2v) is 7.51. The maximum atomic E-state index is 13.0. The van der Waals surface area contributed by atoms with Crippen molar-refractivity contribution in [1.29, 1.82) is 0 Å². The van der Waals surface area contributed by atoms with Crippen molar-refractivity contribution in [2.24, 2.45) is 5.92 Å². The number of aromatic nitrogens is 2. The quantitative estimate of drug-likeness (QED) is 0.560. The highest BCUT2D eigenvalue weighted by molar-refractivity contribution is 6.07. The number of nitrogens with zero attached hydrogens (tertiary/aromatic N) is 2. The predicted molar refractivity (Wildman–Crippen MR) is 118 cm³/mol. The Labute approximate surface area is 176 Å². The molecule has 30 heavy (non-hydrogen) atoms. The van der Waals surface area contributed by atoms with Crippen molar-refractivity contribution in [3.8, 4) is 0 Å². The molecular formula is C23H28N4O3. The van der Waals surface area contributed by atoms with Crippen LogP contribution in [-0.2, 0) is 16.1 Å². The molecule has 0 radical (unpaired) electrons. The van der Waals surface area contributed by atoms with E-state index in [0.717, 1.165) is 16.9 Å². The number of benzene rings is 2. The van der Waals surface area contributed by atoms with E-state index in [-0.39, 0.29) is 17.7 Å². The highest BCUT2D eigenvalue weighted by Crippen LogP contribution is 2.26. The van der Waals surface area contributed by atoms with Crippen LogP contribution < -0.4 is 10.6 Å². The molecule has 2 N–H and O–H groups in total. The van der Waals surface area contributed by atoms with Crippen LogP contribution in [0.15, 0.2) is 42.5 Å². The van der Waals surface area contributed by atoms with Crippen LogP contribution in [0.5, 0.6) is 0 Å². The molecule has 0 bridgehead atoms. The number of aryl methyl sites for hydroxylation is 1. The van der Waals surface area contributed by atoms with Gasteiger partial charge in [0.1, 0.15) is 5.82 Å². The Hall–Kier alpha value is -3.19. The fraction of sp³-hybridized carbons (Fsp3) is 0.348. The lowest BCUT2D eigenvalue weighted by molar-refractivity contribution is -0.118. The van der Waals surface area contributed by atoms with Gasteiger partial charge in [-0.15, -0.1) is 0 Å². The molecule has 0 unspecified atom stereocenters. The van der Waals surface area contributed by atoms with Gasteiger partial charge in [-0.05, 0) is 24.6 Å². The number of carbonyl (C=O) groups is 2. The number of anilines is 1. The summed E-state index contributed by atoms with van der Waals surface area (Å²) < 4.78 is 7.07. The van der Waals surface area contributed by atoms with Gasteiger partial charge < -0.3 is 19.9 Å². The smallest absolute Gasteiger partial charge is 0.253 e. The minimum Gasteiger partial charge on any atom is -0.383 e. The van der Waals surface area contributed by atoms with E-state index in [1.807, 2.05) is 61.7 Å². The normalized spacial score (nSPS) is 11.1. The van der Waals surface area contributed by atoms with Crippen LogP contribution >= 0.6 is 0 Å².